The van der Waals surface area contributed by atoms with E-state index in [0.29, 0.717) is 17.9 Å². The molecule has 1 N–H and O–H groups in total. The lowest BCUT2D eigenvalue weighted by Gasteiger charge is -2.51. The molecular formula is C26H44O5. The molecule has 0 heterocycles. The van der Waals surface area contributed by atoms with Crippen LogP contribution >= 0.6 is 0 Å². The Morgan fingerprint density at radius 3 is 2.58 bits per heavy atom. The van der Waals surface area contributed by atoms with Crippen LogP contribution in [0.5, 0.6) is 0 Å². The van der Waals surface area contributed by atoms with E-state index in [2.05, 4.69) is 20.8 Å². The van der Waals surface area contributed by atoms with E-state index in [0.717, 1.165) is 63.2 Å². The van der Waals surface area contributed by atoms with Gasteiger partial charge in [0.1, 0.15) is 11.7 Å². The molecule has 0 aliphatic heterocycles. The summed E-state index contributed by atoms with van der Waals surface area (Å²) in [5.41, 5.74) is -0.0354. The number of hydrogen-bond donors (Lipinski definition) is 1. The third-order valence-electron chi connectivity index (χ3n) is 9.43. The van der Waals surface area contributed by atoms with Gasteiger partial charge in [0.2, 0.25) is 0 Å². The zero-order valence-corrected chi connectivity index (χ0v) is 19.9. The minimum Gasteiger partial charge on any atom is -0.431 e. The molecule has 0 aromatic rings. The predicted octanol–water partition coefficient (Wildman–Crippen LogP) is 5.87. The third kappa shape index (κ3) is 4.14. The molecule has 8 atom stereocenters. The standard InChI is InChI=1S/C26H44O5/c1-4-13-26(6-3,19-10-7-8-11-21(19)29-16-15-27)31-24(28)30-22-12-9-14-25-17-20(25)18(5-2)23(22)25/h18-23,27H,4-17H2,1-3H3. The van der Waals surface area contributed by atoms with E-state index in [9.17, 15) is 9.90 Å². The zero-order valence-electron chi connectivity index (χ0n) is 19.9. The van der Waals surface area contributed by atoms with E-state index in [-0.39, 0.29) is 24.7 Å². The van der Waals surface area contributed by atoms with Crippen molar-refractivity contribution in [1.82, 2.24) is 0 Å². The largest absolute Gasteiger partial charge is 0.509 e. The van der Waals surface area contributed by atoms with Crippen LogP contribution in [0.4, 0.5) is 4.79 Å². The molecular weight excluding hydrogens is 392 g/mol. The second kappa shape index (κ2) is 9.59. The van der Waals surface area contributed by atoms with Crippen LogP contribution in [0.3, 0.4) is 0 Å². The Morgan fingerprint density at radius 2 is 1.87 bits per heavy atom. The second-order valence-corrected chi connectivity index (χ2v) is 10.7. The van der Waals surface area contributed by atoms with Crippen molar-refractivity contribution in [2.75, 3.05) is 13.2 Å². The molecule has 0 amide bonds. The second-order valence-electron chi connectivity index (χ2n) is 10.7. The lowest BCUT2D eigenvalue weighted by atomic mass is 9.56. The van der Waals surface area contributed by atoms with Gasteiger partial charge in [-0.1, -0.05) is 46.5 Å². The first-order valence-electron chi connectivity index (χ1n) is 13.2. The maximum Gasteiger partial charge on any atom is 0.509 e. The Kier molecular flexibility index (Phi) is 7.22. The van der Waals surface area contributed by atoms with E-state index in [1.54, 1.807) is 0 Å². The van der Waals surface area contributed by atoms with Gasteiger partial charge in [-0.05, 0) is 68.6 Å². The topological polar surface area (TPSA) is 65.0 Å². The van der Waals surface area contributed by atoms with Crippen molar-refractivity contribution in [3.63, 3.8) is 0 Å². The van der Waals surface area contributed by atoms with Crippen molar-refractivity contribution in [2.24, 2.45) is 29.1 Å². The molecule has 0 aromatic heterocycles. The van der Waals surface area contributed by atoms with Crippen LogP contribution in [0.25, 0.3) is 0 Å². The molecule has 4 aliphatic rings. The fraction of sp³-hybridized carbons (Fsp3) is 0.962. The molecule has 0 radical (unpaired) electrons. The van der Waals surface area contributed by atoms with Crippen LogP contribution in [0.2, 0.25) is 0 Å². The molecule has 178 valence electrons. The van der Waals surface area contributed by atoms with Gasteiger partial charge in [-0.25, -0.2) is 4.79 Å². The first-order valence-corrected chi connectivity index (χ1v) is 13.2. The lowest BCUT2D eigenvalue weighted by Crippen LogP contribution is -2.52. The van der Waals surface area contributed by atoms with Gasteiger partial charge < -0.3 is 19.3 Å². The molecule has 5 heteroatoms. The molecule has 0 aromatic carbocycles. The summed E-state index contributed by atoms with van der Waals surface area (Å²) >= 11 is 0. The highest BCUT2D eigenvalue weighted by atomic mass is 16.7. The summed E-state index contributed by atoms with van der Waals surface area (Å²) in [6.45, 7) is 6.95. The molecule has 1 spiro atoms. The predicted molar refractivity (Wildman–Crippen MR) is 120 cm³/mol. The van der Waals surface area contributed by atoms with Gasteiger partial charge in [0.05, 0.1) is 19.3 Å². The summed E-state index contributed by atoms with van der Waals surface area (Å²) in [5.74, 6) is 2.36. The van der Waals surface area contributed by atoms with Gasteiger partial charge in [0, 0.05) is 11.8 Å². The van der Waals surface area contributed by atoms with Crippen molar-refractivity contribution in [3.8, 4) is 0 Å². The quantitative estimate of drug-likeness (QED) is 0.434. The lowest BCUT2D eigenvalue weighted by molar-refractivity contribution is -0.155. The number of ether oxygens (including phenoxy) is 3. The molecule has 0 bridgehead atoms. The molecule has 4 rings (SSSR count). The van der Waals surface area contributed by atoms with Crippen LogP contribution < -0.4 is 0 Å². The average Bonchev–Trinajstić information content (AvgIpc) is 3.35. The minimum absolute atomic E-state index is 0.0312. The van der Waals surface area contributed by atoms with Gasteiger partial charge in [-0.3, -0.25) is 0 Å². The number of aliphatic hydroxyl groups excluding tert-OH is 1. The van der Waals surface area contributed by atoms with Crippen LogP contribution in [-0.4, -0.2) is 42.3 Å². The normalized spacial score (nSPS) is 40.6. The fourth-order valence-corrected chi connectivity index (χ4v) is 8.11. The number of hydrogen-bond acceptors (Lipinski definition) is 5. The Labute approximate surface area is 188 Å². The monoisotopic (exact) mass is 436 g/mol. The van der Waals surface area contributed by atoms with Gasteiger partial charge in [-0.2, -0.15) is 0 Å². The van der Waals surface area contributed by atoms with Crippen molar-refractivity contribution >= 4 is 6.16 Å². The average molecular weight is 437 g/mol. The summed E-state index contributed by atoms with van der Waals surface area (Å²) in [5, 5.41) is 9.26. The van der Waals surface area contributed by atoms with Crippen molar-refractivity contribution < 1.29 is 24.1 Å². The first kappa shape index (κ1) is 23.4. The Hall–Kier alpha value is -0.810. The smallest absolute Gasteiger partial charge is 0.431 e. The van der Waals surface area contributed by atoms with Crippen molar-refractivity contribution in [2.45, 2.75) is 116 Å². The summed E-state index contributed by atoms with van der Waals surface area (Å²) in [6.07, 6.45) is 12.5. The Morgan fingerprint density at radius 1 is 1.10 bits per heavy atom. The highest BCUT2D eigenvalue weighted by Crippen LogP contribution is 2.79. The molecule has 8 unspecified atom stereocenters. The van der Waals surface area contributed by atoms with Crippen LogP contribution in [0.1, 0.15) is 97.8 Å². The van der Waals surface area contributed by atoms with Crippen LogP contribution in [0.15, 0.2) is 0 Å². The number of rotatable bonds is 10. The highest BCUT2D eigenvalue weighted by Gasteiger charge is 2.75. The molecule has 4 fully saturated rings. The summed E-state index contributed by atoms with van der Waals surface area (Å²) in [4.78, 5) is 13.2. The van der Waals surface area contributed by atoms with E-state index in [1.165, 1.54) is 25.7 Å². The number of carbonyl (C=O) groups excluding carboxylic acids is 1. The van der Waals surface area contributed by atoms with Gasteiger partial charge in [0.15, 0.2) is 0 Å². The third-order valence-corrected chi connectivity index (χ3v) is 9.43. The van der Waals surface area contributed by atoms with Crippen molar-refractivity contribution in [3.05, 3.63) is 0 Å². The Balaban J connectivity index is 1.45. The van der Waals surface area contributed by atoms with E-state index in [4.69, 9.17) is 14.2 Å². The zero-order chi connectivity index (χ0) is 22.1. The number of carbonyl (C=O) groups is 1. The SMILES string of the molecule is CCCC(CC)(OC(=O)OC1CCCC23CC2C(CC)C13)C1CCCCC1OCCO. The van der Waals surface area contributed by atoms with Gasteiger partial charge in [-0.15, -0.1) is 0 Å². The van der Waals surface area contributed by atoms with Crippen LogP contribution in [-0.2, 0) is 14.2 Å². The summed E-state index contributed by atoms with van der Waals surface area (Å²) < 4.78 is 18.5. The van der Waals surface area contributed by atoms with Crippen molar-refractivity contribution in [1.29, 1.82) is 0 Å². The molecule has 4 aliphatic carbocycles. The highest BCUT2D eigenvalue weighted by molar-refractivity contribution is 5.61. The van der Waals surface area contributed by atoms with Gasteiger partial charge in [0.25, 0.3) is 0 Å². The minimum atomic E-state index is -0.537. The van der Waals surface area contributed by atoms with E-state index >= 15 is 0 Å². The maximum absolute atomic E-state index is 13.2. The first-order chi connectivity index (χ1) is 15.0. The Bertz CT molecular complexity index is 623. The van der Waals surface area contributed by atoms with Gasteiger partial charge >= 0.3 is 6.16 Å². The van der Waals surface area contributed by atoms with E-state index < -0.39 is 11.8 Å². The fourth-order valence-electron chi connectivity index (χ4n) is 8.11. The number of aliphatic hydroxyl groups is 1. The molecule has 0 saturated heterocycles. The van der Waals surface area contributed by atoms with Crippen LogP contribution in [0, 0.1) is 29.1 Å². The van der Waals surface area contributed by atoms with E-state index in [1.807, 2.05) is 0 Å². The summed E-state index contributed by atoms with van der Waals surface area (Å²) in [6, 6.07) is 0. The maximum atomic E-state index is 13.2. The molecule has 4 saturated carbocycles. The molecule has 31 heavy (non-hydrogen) atoms. The summed E-state index contributed by atoms with van der Waals surface area (Å²) in [7, 11) is 0. The molecule has 5 nitrogen and oxygen atoms in total.